The van der Waals surface area contributed by atoms with E-state index in [2.05, 4.69) is 47.8 Å². The first kappa shape index (κ1) is 17.5. The van der Waals surface area contributed by atoms with E-state index < -0.39 is 0 Å². The summed E-state index contributed by atoms with van der Waals surface area (Å²) in [5, 5.41) is 3.48. The topological polar surface area (TPSA) is 32.3 Å². The quantitative estimate of drug-likeness (QED) is 0.751. The molecule has 0 saturated heterocycles. The van der Waals surface area contributed by atoms with Gasteiger partial charge in [0, 0.05) is 13.1 Å². The molecule has 0 bridgehead atoms. The number of nitrogens with one attached hydrogen (secondary N) is 1. The van der Waals surface area contributed by atoms with Gasteiger partial charge in [0.15, 0.2) is 0 Å². The SMILES string of the molecule is O=C(CNC(c1ccccc1)c1ccccc1)N1CCc2ccccc2C1. The highest BCUT2D eigenvalue weighted by molar-refractivity contribution is 5.78. The van der Waals surface area contributed by atoms with Crippen LogP contribution in [0.3, 0.4) is 0 Å². The molecular formula is C24H24N2O. The van der Waals surface area contributed by atoms with Crippen molar-refractivity contribution in [3.63, 3.8) is 0 Å². The third-order valence-corrected chi connectivity index (χ3v) is 5.21. The van der Waals surface area contributed by atoms with Gasteiger partial charge < -0.3 is 4.90 Å². The van der Waals surface area contributed by atoms with Crippen molar-refractivity contribution in [3.8, 4) is 0 Å². The average molecular weight is 356 g/mol. The summed E-state index contributed by atoms with van der Waals surface area (Å²) >= 11 is 0. The Morgan fingerprint density at radius 3 is 2.00 bits per heavy atom. The lowest BCUT2D eigenvalue weighted by atomic mass is 9.98. The van der Waals surface area contributed by atoms with Crippen molar-refractivity contribution in [2.45, 2.75) is 19.0 Å². The van der Waals surface area contributed by atoms with Crippen molar-refractivity contribution in [1.82, 2.24) is 10.2 Å². The smallest absolute Gasteiger partial charge is 0.236 e. The average Bonchev–Trinajstić information content (AvgIpc) is 2.75. The normalized spacial score (nSPS) is 13.4. The van der Waals surface area contributed by atoms with Crippen LogP contribution in [0.2, 0.25) is 0 Å². The molecule has 0 radical (unpaired) electrons. The van der Waals surface area contributed by atoms with Crippen LogP contribution in [0.4, 0.5) is 0 Å². The highest BCUT2D eigenvalue weighted by atomic mass is 16.2. The van der Waals surface area contributed by atoms with Gasteiger partial charge in [0.1, 0.15) is 0 Å². The van der Waals surface area contributed by atoms with E-state index in [4.69, 9.17) is 0 Å². The van der Waals surface area contributed by atoms with Gasteiger partial charge in [0.2, 0.25) is 5.91 Å². The predicted molar refractivity (Wildman–Crippen MR) is 108 cm³/mol. The zero-order chi connectivity index (χ0) is 18.5. The maximum absolute atomic E-state index is 12.8. The molecule has 0 aliphatic carbocycles. The molecule has 1 heterocycles. The summed E-state index contributed by atoms with van der Waals surface area (Å²) in [5.41, 5.74) is 4.96. The van der Waals surface area contributed by atoms with E-state index in [1.165, 1.54) is 22.3 Å². The molecule has 0 fully saturated rings. The number of rotatable bonds is 5. The number of nitrogens with zero attached hydrogens (tertiary/aromatic N) is 1. The van der Waals surface area contributed by atoms with E-state index in [1.54, 1.807) is 0 Å². The van der Waals surface area contributed by atoms with Gasteiger partial charge in [-0.1, -0.05) is 84.9 Å². The lowest BCUT2D eigenvalue weighted by Crippen LogP contribution is -2.42. The maximum Gasteiger partial charge on any atom is 0.236 e. The molecule has 1 N–H and O–H groups in total. The van der Waals surface area contributed by atoms with Gasteiger partial charge >= 0.3 is 0 Å². The van der Waals surface area contributed by atoms with Gasteiger partial charge in [-0.2, -0.15) is 0 Å². The minimum atomic E-state index is 0.00780. The Kier molecular flexibility index (Phi) is 5.31. The second-order valence-corrected chi connectivity index (χ2v) is 6.97. The highest BCUT2D eigenvalue weighted by Gasteiger charge is 2.21. The number of hydrogen-bond acceptors (Lipinski definition) is 2. The first-order valence-electron chi connectivity index (χ1n) is 9.49. The fraction of sp³-hybridized carbons (Fsp3) is 0.208. The maximum atomic E-state index is 12.8. The van der Waals surface area contributed by atoms with Crippen LogP contribution in [0.1, 0.15) is 28.3 Å². The first-order valence-corrected chi connectivity index (χ1v) is 9.49. The van der Waals surface area contributed by atoms with Crippen molar-refractivity contribution in [2.75, 3.05) is 13.1 Å². The lowest BCUT2D eigenvalue weighted by molar-refractivity contribution is -0.131. The number of amides is 1. The number of carbonyl (C=O) groups is 1. The Hall–Kier alpha value is -2.91. The summed E-state index contributed by atoms with van der Waals surface area (Å²) in [5.74, 6) is 0.154. The van der Waals surface area contributed by atoms with E-state index in [0.29, 0.717) is 13.1 Å². The molecule has 4 rings (SSSR count). The molecule has 0 atom stereocenters. The summed E-state index contributed by atoms with van der Waals surface area (Å²) < 4.78 is 0. The summed E-state index contributed by atoms with van der Waals surface area (Å²) in [6.45, 7) is 1.83. The molecule has 0 saturated carbocycles. The molecule has 1 amide bonds. The van der Waals surface area contributed by atoms with Crippen LogP contribution in [-0.2, 0) is 17.8 Å². The second kappa shape index (κ2) is 8.19. The summed E-state index contributed by atoms with van der Waals surface area (Å²) in [6, 6.07) is 29.0. The Bertz CT molecular complexity index is 853. The predicted octanol–water partition coefficient (Wildman–Crippen LogP) is 3.95. The van der Waals surface area contributed by atoms with Gasteiger partial charge in [-0.25, -0.2) is 0 Å². The minimum Gasteiger partial charge on any atom is -0.337 e. The first-order chi connectivity index (χ1) is 13.3. The molecule has 0 unspecified atom stereocenters. The number of carbonyl (C=O) groups excluding carboxylic acids is 1. The fourth-order valence-corrected chi connectivity index (χ4v) is 3.73. The van der Waals surface area contributed by atoms with E-state index in [-0.39, 0.29) is 11.9 Å². The van der Waals surface area contributed by atoms with Gasteiger partial charge in [-0.15, -0.1) is 0 Å². The van der Waals surface area contributed by atoms with Crippen LogP contribution >= 0.6 is 0 Å². The van der Waals surface area contributed by atoms with E-state index in [1.807, 2.05) is 47.4 Å². The molecule has 3 aromatic rings. The summed E-state index contributed by atoms with van der Waals surface area (Å²) in [7, 11) is 0. The Labute approximate surface area is 160 Å². The van der Waals surface area contributed by atoms with Crippen molar-refractivity contribution < 1.29 is 4.79 Å². The van der Waals surface area contributed by atoms with Crippen molar-refractivity contribution in [1.29, 1.82) is 0 Å². The van der Waals surface area contributed by atoms with E-state index in [0.717, 1.165) is 13.0 Å². The molecule has 136 valence electrons. The Balaban J connectivity index is 1.46. The molecule has 27 heavy (non-hydrogen) atoms. The van der Waals surface area contributed by atoms with Crippen LogP contribution in [-0.4, -0.2) is 23.9 Å². The lowest BCUT2D eigenvalue weighted by Gasteiger charge is -2.30. The molecular weight excluding hydrogens is 332 g/mol. The molecule has 3 aromatic carbocycles. The van der Waals surface area contributed by atoms with Crippen LogP contribution in [0, 0.1) is 0 Å². The Morgan fingerprint density at radius 1 is 0.815 bits per heavy atom. The van der Waals surface area contributed by atoms with Crippen LogP contribution < -0.4 is 5.32 Å². The minimum absolute atomic E-state index is 0.00780. The molecule has 0 aromatic heterocycles. The van der Waals surface area contributed by atoms with Crippen LogP contribution in [0.25, 0.3) is 0 Å². The number of hydrogen-bond donors (Lipinski definition) is 1. The third kappa shape index (κ3) is 4.09. The molecule has 0 spiro atoms. The Morgan fingerprint density at radius 2 is 1.37 bits per heavy atom. The zero-order valence-electron chi connectivity index (χ0n) is 15.3. The van der Waals surface area contributed by atoms with Gasteiger partial charge in [0.05, 0.1) is 12.6 Å². The summed E-state index contributed by atoms with van der Waals surface area (Å²) in [6.07, 6.45) is 0.933. The van der Waals surface area contributed by atoms with Gasteiger partial charge in [0.25, 0.3) is 0 Å². The van der Waals surface area contributed by atoms with Crippen molar-refractivity contribution in [2.24, 2.45) is 0 Å². The standard InChI is InChI=1S/C24H24N2O/c27-23(26-16-15-19-9-7-8-14-22(19)18-26)17-25-24(20-10-3-1-4-11-20)21-12-5-2-6-13-21/h1-14,24-25H,15-18H2. The number of benzene rings is 3. The molecule has 1 aliphatic heterocycles. The molecule has 3 heteroatoms. The van der Waals surface area contributed by atoms with Crippen molar-refractivity contribution >= 4 is 5.91 Å². The zero-order valence-corrected chi connectivity index (χ0v) is 15.3. The van der Waals surface area contributed by atoms with Gasteiger partial charge in [-0.05, 0) is 28.7 Å². The van der Waals surface area contributed by atoms with Gasteiger partial charge in [-0.3, -0.25) is 10.1 Å². The highest BCUT2D eigenvalue weighted by Crippen LogP contribution is 2.22. The van der Waals surface area contributed by atoms with E-state index >= 15 is 0 Å². The van der Waals surface area contributed by atoms with Crippen LogP contribution in [0.5, 0.6) is 0 Å². The largest absolute Gasteiger partial charge is 0.337 e. The molecule has 1 aliphatic rings. The van der Waals surface area contributed by atoms with Crippen LogP contribution in [0.15, 0.2) is 84.9 Å². The fourth-order valence-electron chi connectivity index (χ4n) is 3.73. The monoisotopic (exact) mass is 356 g/mol. The second-order valence-electron chi connectivity index (χ2n) is 6.97. The van der Waals surface area contributed by atoms with Crippen molar-refractivity contribution in [3.05, 3.63) is 107 Å². The third-order valence-electron chi connectivity index (χ3n) is 5.21. The summed E-state index contributed by atoms with van der Waals surface area (Å²) in [4.78, 5) is 14.8. The molecule has 3 nitrogen and oxygen atoms in total. The van der Waals surface area contributed by atoms with E-state index in [9.17, 15) is 4.79 Å². The number of fused-ring (bicyclic) bond motifs is 1.